The molecule has 138 valence electrons. The summed E-state index contributed by atoms with van der Waals surface area (Å²) in [6, 6.07) is 4.16. The Morgan fingerprint density at radius 1 is 0.962 bits per heavy atom. The first kappa shape index (κ1) is 17.5. The van der Waals surface area contributed by atoms with Gasteiger partial charge in [-0.05, 0) is 17.7 Å². The van der Waals surface area contributed by atoms with Crippen LogP contribution in [0.3, 0.4) is 0 Å². The number of phenols is 3. The van der Waals surface area contributed by atoms with Crippen LogP contribution in [-0.2, 0) is 0 Å². The van der Waals surface area contributed by atoms with Crippen molar-refractivity contribution in [3.8, 4) is 40.2 Å². The van der Waals surface area contributed by atoms with Gasteiger partial charge < -0.3 is 34.3 Å². The quantitative estimate of drug-likeness (QED) is 0.758. The Labute approximate surface area is 149 Å². The number of phenolic OH excluding ortho intramolecular Hbond substituents is 3. The minimum atomic E-state index is -0.798. The average Bonchev–Trinajstić information content (AvgIpc) is 2.61. The third kappa shape index (κ3) is 2.59. The lowest BCUT2D eigenvalue weighted by molar-refractivity contribution is 0.0890. The molecule has 26 heavy (non-hydrogen) atoms. The first-order valence-corrected chi connectivity index (χ1v) is 7.67. The van der Waals surface area contributed by atoms with E-state index in [1.807, 2.05) is 0 Å². The van der Waals surface area contributed by atoms with Gasteiger partial charge in [0.25, 0.3) is 0 Å². The molecule has 0 amide bonds. The number of carbonyl (C=O) groups is 1. The summed E-state index contributed by atoms with van der Waals surface area (Å²) in [5.74, 6) is -2.00. The molecule has 3 N–H and O–H groups in total. The maximum Gasteiger partial charge on any atom is 0.203 e. The number of ether oxygens (including phenoxy) is 4. The topological polar surface area (TPSA) is 115 Å². The SMILES string of the molecule is COc1cc(C2COc3cc(O)c(OC)c(O)c3C2=O)cc(O)c1OC. The first-order valence-electron chi connectivity index (χ1n) is 7.67. The maximum absolute atomic E-state index is 13.0. The summed E-state index contributed by atoms with van der Waals surface area (Å²) in [7, 11) is 4.06. The zero-order valence-electron chi connectivity index (χ0n) is 14.4. The molecule has 0 saturated heterocycles. The van der Waals surface area contributed by atoms with Gasteiger partial charge in [-0.3, -0.25) is 4.79 Å². The van der Waals surface area contributed by atoms with Crippen LogP contribution in [0, 0.1) is 0 Å². The van der Waals surface area contributed by atoms with E-state index in [0.717, 1.165) is 0 Å². The standard InChI is InChI=1S/C18H18O8/c1-23-13-5-8(4-10(19)17(13)24-2)9-7-26-12-6-11(20)18(25-3)16(22)14(12)15(9)21/h4-6,9,19-20,22H,7H2,1-3H3. The molecular formula is C18H18O8. The molecule has 8 heteroatoms. The molecule has 2 aromatic carbocycles. The van der Waals surface area contributed by atoms with E-state index in [9.17, 15) is 20.1 Å². The van der Waals surface area contributed by atoms with E-state index in [-0.39, 0.29) is 46.7 Å². The fourth-order valence-electron chi connectivity index (χ4n) is 3.00. The molecule has 1 atom stereocenters. The van der Waals surface area contributed by atoms with Crippen molar-refractivity contribution in [1.29, 1.82) is 0 Å². The second-order valence-electron chi connectivity index (χ2n) is 5.65. The third-order valence-corrected chi connectivity index (χ3v) is 4.26. The molecule has 1 heterocycles. The molecule has 0 spiro atoms. The minimum Gasteiger partial charge on any atom is -0.504 e. The highest BCUT2D eigenvalue weighted by Gasteiger charge is 2.36. The number of methoxy groups -OCH3 is 3. The van der Waals surface area contributed by atoms with Crippen LogP contribution in [0.1, 0.15) is 21.8 Å². The molecule has 8 nitrogen and oxygen atoms in total. The lowest BCUT2D eigenvalue weighted by atomic mass is 9.88. The fraction of sp³-hybridized carbons (Fsp3) is 0.278. The van der Waals surface area contributed by atoms with Gasteiger partial charge >= 0.3 is 0 Å². The maximum atomic E-state index is 13.0. The number of Topliss-reactive ketones (excluding diaryl/α,β-unsaturated/α-hetero) is 1. The van der Waals surface area contributed by atoms with Crippen LogP contribution >= 0.6 is 0 Å². The van der Waals surface area contributed by atoms with Crippen molar-refractivity contribution in [2.24, 2.45) is 0 Å². The van der Waals surface area contributed by atoms with Gasteiger partial charge in [0.1, 0.15) is 17.9 Å². The van der Waals surface area contributed by atoms with E-state index >= 15 is 0 Å². The van der Waals surface area contributed by atoms with Crippen molar-refractivity contribution in [1.82, 2.24) is 0 Å². The molecule has 0 aromatic heterocycles. The van der Waals surface area contributed by atoms with Crippen LogP contribution in [0.2, 0.25) is 0 Å². The lowest BCUT2D eigenvalue weighted by Crippen LogP contribution is -2.26. The van der Waals surface area contributed by atoms with Crippen molar-refractivity contribution >= 4 is 5.78 Å². The molecule has 0 radical (unpaired) electrons. The molecule has 1 unspecified atom stereocenters. The van der Waals surface area contributed by atoms with E-state index in [2.05, 4.69) is 0 Å². The molecule has 1 aliphatic heterocycles. The Bertz CT molecular complexity index is 874. The van der Waals surface area contributed by atoms with Crippen molar-refractivity contribution < 1.29 is 39.1 Å². The summed E-state index contributed by atoms with van der Waals surface area (Å²) < 4.78 is 20.7. The second kappa shape index (κ2) is 6.55. The first-order chi connectivity index (χ1) is 12.4. The summed E-state index contributed by atoms with van der Waals surface area (Å²) in [6.07, 6.45) is 0. The van der Waals surface area contributed by atoms with Crippen molar-refractivity contribution in [3.63, 3.8) is 0 Å². The highest BCUT2D eigenvalue weighted by atomic mass is 16.5. The summed E-state index contributed by atoms with van der Waals surface area (Å²) in [4.78, 5) is 13.0. The van der Waals surface area contributed by atoms with Gasteiger partial charge in [0.05, 0.1) is 27.2 Å². The molecular weight excluding hydrogens is 344 g/mol. The Kier molecular flexibility index (Phi) is 4.41. The summed E-state index contributed by atoms with van der Waals surface area (Å²) in [6.45, 7) is -0.0357. The van der Waals surface area contributed by atoms with E-state index in [1.54, 1.807) is 6.07 Å². The zero-order valence-corrected chi connectivity index (χ0v) is 14.4. The predicted octanol–water partition coefficient (Wildman–Crippen LogP) is 2.19. The largest absolute Gasteiger partial charge is 0.504 e. The van der Waals surface area contributed by atoms with Gasteiger partial charge in [-0.15, -0.1) is 0 Å². The van der Waals surface area contributed by atoms with Crippen LogP contribution in [0.4, 0.5) is 0 Å². The number of ketones is 1. The van der Waals surface area contributed by atoms with Crippen LogP contribution < -0.4 is 18.9 Å². The van der Waals surface area contributed by atoms with Crippen LogP contribution in [0.5, 0.6) is 40.2 Å². The number of fused-ring (bicyclic) bond motifs is 1. The number of carbonyl (C=O) groups excluding carboxylic acids is 1. The number of rotatable bonds is 4. The van der Waals surface area contributed by atoms with E-state index < -0.39 is 17.5 Å². The van der Waals surface area contributed by atoms with Gasteiger partial charge in [-0.25, -0.2) is 0 Å². The molecule has 2 aromatic rings. The minimum absolute atomic E-state index is 0.0357. The average molecular weight is 362 g/mol. The summed E-state index contributed by atoms with van der Waals surface area (Å²) in [5.41, 5.74) is 0.340. The lowest BCUT2D eigenvalue weighted by Gasteiger charge is -2.26. The monoisotopic (exact) mass is 362 g/mol. The Morgan fingerprint density at radius 2 is 1.62 bits per heavy atom. The van der Waals surface area contributed by atoms with Crippen molar-refractivity contribution in [2.75, 3.05) is 27.9 Å². The Hall–Kier alpha value is -3.29. The Morgan fingerprint density at radius 3 is 2.23 bits per heavy atom. The molecule has 3 rings (SSSR count). The predicted molar refractivity (Wildman–Crippen MR) is 90.1 cm³/mol. The Balaban J connectivity index is 2.09. The van der Waals surface area contributed by atoms with E-state index in [0.29, 0.717) is 5.56 Å². The van der Waals surface area contributed by atoms with Crippen molar-refractivity contribution in [3.05, 3.63) is 29.3 Å². The molecule has 0 aliphatic carbocycles. The second-order valence-corrected chi connectivity index (χ2v) is 5.65. The zero-order chi connectivity index (χ0) is 19.0. The molecule has 1 aliphatic rings. The number of hydrogen-bond donors (Lipinski definition) is 3. The normalized spacial score (nSPS) is 15.8. The number of hydrogen-bond acceptors (Lipinski definition) is 8. The van der Waals surface area contributed by atoms with Gasteiger partial charge in [0.2, 0.25) is 11.5 Å². The van der Waals surface area contributed by atoms with Crippen LogP contribution in [-0.4, -0.2) is 49.0 Å². The van der Waals surface area contributed by atoms with Gasteiger partial charge in [-0.1, -0.05) is 0 Å². The van der Waals surface area contributed by atoms with Gasteiger partial charge in [0.15, 0.2) is 28.8 Å². The fourth-order valence-corrected chi connectivity index (χ4v) is 3.00. The van der Waals surface area contributed by atoms with Crippen LogP contribution in [0.25, 0.3) is 0 Å². The van der Waals surface area contributed by atoms with Gasteiger partial charge in [-0.2, -0.15) is 0 Å². The van der Waals surface area contributed by atoms with Crippen LogP contribution in [0.15, 0.2) is 18.2 Å². The summed E-state index contributed by atoms with van der Waals surface area (Å²) in [5, 5.41) is 30.3. The highest BCUT2D eigenvalue weighted by Crippen LogP contribution is 2.48. The van der Waals surface area contributed by atoms with E-state index in [1.165, 1.54) is 33.5 Å². The molecule has 0 bridgehead atoms. The highest BCUT2D eigenvalue weighted by molar-refractivity contribution is 6.07. The summed E-state index contributed by atoms with van der Waals surface area (Å²) >= 11 is 0. The number of aromatic hydroxyl groups is 3. The molecule has 0 saturated carbocycles. The number of benzene rings is 2. The smallest absolute Gasteiger partial charge is 0.203 e. The molecule has 0 fully saturated rings. The third-order valence-electron chi connectivity index (χ3n) is 4.26. The van der Waals surface area contributed by atoms with Crippen molar-refractivity contribution in [2.45, 2.75) is 5.92 Å². The van der Waals surface area contributed by atoms with Gasteiger partial charge in [0, 0.05) is 6.07 Å². The van der Waals surface area contributed by atoms with E-state index in [4.69, 9.17) is 18.9 Å².